The zero-order valence-corrected chi connectivity index (χ0v) is 12.4. The number of amides is 1. The molecule has 0 saturated carbocycles. The second kappa shape index (κ2) is 7.36. The smallest absolute Gasteiger partial charge is 0.306 e. The number of nitrogens with one attached hydrogen (secondary N) is 1. The van der Waals surface area contributed by atoms with Crippen LogP contribution in [0.2, 0.25) is 0 Å². The highest BCUT2D eigenvalue weighted by atomic mass is 16.6. The molecule has 5 nitrogen and oxygen atoms in total. The van der Waals surface area contributed by atoms with Crippen molar-refractivity contribution in [3.8, 4) is 0 Å². The lowest BCUT2D eigenvalue weighted by molar-refractivity contribution is -0.155. The van der Waals surface area contributed by atoms with Gasteiger partial charge in [0.15, 0.2) is 0 Å². The van der Waals surface area contributed by atoms with Crippen LogP contribution in [0.3, 0.4) is 0 Å². The minimum absolute atomic E-state index is 0.116. The summed E-state index contributed by atoms with van der Waals surface area (Å²) in [5, 5.41) is 2.79. The van der Waals surface area contributed by atoms with Crippen LogP contribution in [0.15, 0.2) is 0 Å². The second-order valence-corrected chi connectivity index (χ2v) is 5.70. The van der Waals surface area contributed by atoms with Crippen LogP contribution in [0.4, 0.5) is 0 Å². The van der Waals surface area contributed by atoms with Crippen LogP contribution in [0.1, 0.15) is 40.5 Å². The van der Waals surface area contributed by atoms with E-state index in [2.05, 4.69) is 5.32 Å². The van der Waals surface area contributed by atoms with E-state index >= 15 is 0 Å². The van der Waals surface area contributed by atoms with Crippen molar-refractivity contribution in [2.24, 2.45) is 0 Å². The van der Waals surface area contributed by atoms with Crippen LogP contribution in [0.25, 0.3) is 0 Å². The Labute approximate surface area is 110 Å². The van der Waals surface area contributed by atoms with Gasteiger partial charge in [-0.2, -0.15) is 0 Å². The predicted octanol–water partition coefficient (Wildman–Crippen LogP) is 1.17. The van der Waals surface area contributed by atoms with Gasteiger partial charge >= 0.3 is 5.97 Å². The molecular formula is C13H26N2O3. The molecule has 1 amide bonds. The zero-order chi connectivity index (χ0) is 14.3. The fourth-order valence-electron chi connectivity index (χ4n) is 1.14. The average Bonchev–Trinajstić information content (AvgIpc) is 2.20. The van der Waals surface area contributed by atoms with E-state index in [1.54, 1.807) is 0 Å². The summed E-state index contributed by atoms with van der Waals surface area (Å²) in [5.41, 5.74) is -0.493. The van der Waals surface area contributed by atoms with Gasteiger partial charge in [0.05, 0.1) is 6.42 Å². The Kier molecular flexibility index (Phi) is 6.91. The van der Waals surface area contributed by atoms with Gasteiger partial charge in [-0.3, -0.25) is 9.59 Å². The molecule has 1 atom stereocenters. The Morgan fingerprint density at radius 2 is 1.78 bits per heavy atom. The molecule has 0 radical (unpaired) electrons. The van der Waals surface area contributed by atoms with Gasteiger partial charge in [0.1, 0.15) is 5.60 Å². The van der Waals surface area contributed by atoms with Crippen molar-refractivity contribution in [1.82, 2.24) is 10.2 Å². The van der Waals surface area contributed by atoms with E-state index in [1.165, 1.54) is 0 Å². The molecule has 0 aromatic rings. The summed E-state index contributed by atoms with van der Waals surface area (Å²) < 4.78 is 5.12. The summed E-state index contributed by atoms with van der Waals surface area (Å²) in [6.07, 6.45) is 0.300. The molecule has 0 fully saturated rings. The molecule has 0 aliphatic heterocycles. The van der Waals surface area contributed by atoms with Crippen LogP contribution in [0.5, 0.6) is 0 Å². The zero-order valence-electron chi connectivity index (χ0n) is 12.4. The van der Waals surface area contributed by atoms with Crippen LogP contribution in [-0.2, 0) is 14.3 Å². The van der Waals surface area contributed by atoms with E-state index in [4.69, 9.17) is 4.74 Å². The summed E-state index contributed by atoms with van der Waals surface area (Å²) in [5.74, 6) is -0.451. The van der Waals surface area contributed by atoms with Gasteiger partial charge in [0, 0.05) is 19.0 Å². The van der Waals surface area contributed by atoms with Gasteiger partial charge in [-0.05, 0) is 41.8 Å². The van der Waals surface area contributed by atoms with Gasteiger partial charge in [-0.25, -0.2) is 0 Å². The topological polar surface area (TPSA) is 58.6 Å². The lowest BCUT2D eigenvalue weighted by Crippen LogP contribution is -2.38. The maximum Gasteiger partial charge on any atom is 0.306 e. The third-order valence-corrected chi connectivity index (χ3v) is 2.45. The molecule has 0 aromatic heterocycles. The number of rotatable bonds is 6. The lowest BCUT2D eigenvalue weighted by Gasteiger charge is -2.20. The highest BCUT2D eigenvalue weighted by molar-refractivity contribution is 5.81. The second-order valence-electron chi connectivity index (χ2n) is 5.70. The standard InChI is InChI=1S/C13H26N2O3/c1-10(15(5)6)9-14-11(16)7-8-12(17)18-13(2,3)4/h10H,7-9H2,1-6H3,(H,14,16). The summed E-state index contributed by atoms with van der Waals surface area (Å²) in [4.78, 5) is 24.9. The van der Waals surface area contributed by atoms with Crippen molar-refractivity contribution in [2.45, 2.75) is 52.2 Å². The number of hydrogen-bond donors (Lipinski definition) is 1. The molecular weight excluding hydrogens is 232 g/mol. The minimum atomic E-state index is -0.493. The first-order valence-corrected chi connectivity index (χ1v) is 6.27. The first-order chi connectivity index (χ1) is 8.11. The molecule has 0 spiro atoms. The molecule has 0 aromatic carbocycles. The Balaban J connectivity index is 3.81. The minimum Gasteiger partial charge on any atom is -0.460 e. The third-order valence-electron chi connectivity index (χ3n) is 2.45. The highest BCUT2D eigenvalue weighted by Crippen LogP contribution is 2.08. The number of likely N-dealkylation sites (N-methyl/N-ethyl adjacent to an activating group) is 1. The molecule has 0 aliphatic carbocycles. The molecule has 0 saturated heterocycles. The van der Waals surface area contributed by atoms with Crippen molar-refractivity contribution in [3.63, 3.8) is 0 Å². The van der Waals surface area contributed by atoms with Gasteiger partial charge in [0.25, 0.3) is 0 Å². The van der Waals surface area contributed by atoms with Gasteiger partial charge in [-0.1, -0.05) is 0 Å². The lowest BCUT2D eigenvalue weighted by atomic mass is 10.2. The number of hydrogen-bond acceptors (Lipinski definition) is 4. The quantitative estimate of drug-likeness (QED) is 0.727. The van der Waals surface area contributed by atoms with Crippen molar-refractivity contribution in [2.75, 3.05) is 20.6 Å². The number of ether oxygens (including phenoxy) is 1. The summed E-state index contributed by atoms with van der Waals surface area (Å²) in [6.45, 7) is 8.03. The van der Waals surface area contributed by atoms with Crippen molar-refractivity contribution in [1.29, 1.82) is 0 Å². The first-order valence-electron chi connectivity index (χ1n) is 6.27. The van der Waals surface area contributed by atoms with Crippen LogP contribution < -0.4 is 5.32 Å². The summed E-state index contributed by atoms with van der Waals surface area (Å²) >= 11 is 0. The number of carbonyl (C=O) groups excluding carboxylic acids is 2. The Morgan fingerprint density at radius 3 is 2.22 bits per heavy atom. The predicted molar refractivity (Wildman–Crippen MR) is 71.2 cm³/mol. The molecule has 1 unspecified atom stereocenters. The Hall–Kier alpha value is -1.10. The van der Waals surface area contributed by atoms with E-state index < -0.39 is 5.60 Å². The van der Waals surface area contributed by atoms with E-state index in [0.29, 0.717) is 6.54 Å². The molecule has 1 N–H and O–H groups in total. The largest absolute Gasteiger partial charge is 0.460 e. The van der Waals surface area contributed by atoms with Gasteiger partial charge in [-0.15, -0.1) is 0 Å². The van der Waals surface area contributed by atoms with Crippen molar-refractivity contribution in [3.05, 3.63) is 0 Å². The molecule has 0 heterocycles. The highest BCUT2D eigenvalue weighted by Gasteiger charge is 2.17. The van der Waals surface area contributed by atoms with E-state index in [-0.39, 0.29) is 30.8 Å². The van der Waals surface area contributed by atoms with Gasteiger partial charge in [0.2, 0.25) is 5.91 Å². The molecule has 0 rings (SSSR count). The van der Waals surface area contributed by atoms with E-state index in [1.807, 2.05) is 46.7 Å². The molecule has 18 heavy (non-hydrogen) atoms. The normalized spacial score (nSPS) is 13.3. The fourth-order valence-corrected chi connectivity index (χ4v) is 1.14. The Bertz CT molecular complexity index is 282. The van der Waals surface area contributed by atoms with Crippen molar-refractivity contribution >= 4 is 11.9 Å². The van der Waals surface area contributed by atoms with E-state index in [0.717, 1.165) is 0 Å². The van der Waals surface area contributed by atoms with Crippen molar-refractivity contribution < 1.29 is 14.3 Å². The first kappa shape index (κ1) is 16.9. The molecule has 5 heteroatoms. The molecule has 0 bridgehead atoms. The maximum absolute atomic E-state index is 11.5. The third kappa shape index (κ3) is 8.98. The average molecular weight is 258 g/mol. The summed E-state index contributed by atoms with van der Waals surface area (Å²) in [7, 11) is 3.91. The number of nitrogens with zero attached hydrogens (tertiary/aromatic N) is 1. The van der Waals surface area contributed by atoms with E-state index in [9.17, 15) is 9.59 Å². The fraction of sp³-hybridized carbons (Fsp3) is 0.846. The monoisotopic (exact) mass is 258 g/mol. The molecule has 106 valence electrons. The Morgan fingerprint density at radius 1 is 1.22 bits per heavy atom. The van der Waals surface area contributed by atoms with Gasteiger partial charge < -0.3 is 15.0 Å². The molecule has 0 aliphatic rings. The number of carbonyl (C=O) groups is 2. The maximum atomic E-state index is 11.5. The summed E-state index contributed by atoms with van der Waals surface area (Å²) in [6, 6.07) is 0.274. The van der Waals surface area contributed by atoms with Crippen LogP contribution in [-0.4, -0.2) is 49.1 Å². The van der Waals surface area contributed by atoms with Crippen LogP contribution in [0, 0.1) is 0 Å². The number of esters is 1. The van der Waals surface area contributed by atoms with Crippen LogP contribution >= 0.6 is 0 Å². The SMILES string of the molecule is CC(CNC(=O)CCC(=O)OC(C)(C)C)N(C)C.